The SMILES string of the molecule is O=C(CSc1nnc(-c2ccc(O)cc2)c(=O)[nH]1)Nc1ccc(F)cc1. The van der Waals surface area contributed by atoms with Crippen LogP contribution in [0.25, 0.3) is 11.3 Å². The minimum absolute atomic E-state index is 0.000548. The van der Waals surface area contributed by atoms with Crippen LogP contribution in [-0.2, 0) is 4.79 Å². The fourth-order valence-corrected chi connectivity index (χ4v) is 2.66. The molecule has 3 aromatic rings. The first kappa shape index (κ1) is 17.6. The summed E-state index contributed by atoms with van der Waals surface area (Å²) in [6, 6.07) is 11.4. The number of carbonyl (C=O) groups is 1. The number of carbonyl (C=O) groups excluding carboxylic acids is 1. The fourth-order valence-electron chi connectivity index (χ4n) is 2.06. The Morgan fingerprint density at radius 2 is 1.81 bits per heavy atom. The molecule has 1 amide bonds. The number of thioether (sulfide) groups is 1. The van der Waals surface area contributed by atoms with E-state index in [2.05, 4.69) is 20.5 Å². The molecule has 0 aliphatic carbocycles. The molecule has 0 unspecified atom stereocenters. The number of amides is 1. The van der Waals surface area contributed by atoms with Gasteiger partial charge in [-0.3, -0.25) is 14.6 Å². The lowest BCUT2D eigenvalue weighted by Gasteiger charge is -2.05. The van der Waals surface area contributed by atoms with Crippen molar-refractivity contribution in [2.75, 3.05) is 11.1 Å². The summed E-state index contributed by atoms with van der Waals surface area (Å²) < 4.78 is 12.8. The molecule has 1 aromatic heterocycles. The monoisotopic (exact) mass is 372 g/mol. The number of hydrogen-bond acceptors (Lipinski definition) is 6. The van der Waals surface area contributed by atoms with E-state index in [0.717, 1.165) is 11.8 Å². The Morgan fingerprint density at radius 3 is 2.46 bits per heavy atom. The van der Waals surface area contributed by atoms with Crippen molar-refractivity contribution in [1.82, 2.24) is 15.2 Å². The average Bonchev–Trinajstić information content (AvgIpc) is 2.63. The summed E-state index contributed by atoms with van der Waals surface area (Å²) in [7, 11) is 0. The summed E-state index contributed by atoms with van der Waals surface area (Å²) in [4.78, 5) is 26.6. The highest BCUT2D eigenvalue weighted by atomic mass is 32.2. The second-order valence-corrected chi connectivity index (χ2v) is 6.16. The molecule has 0 saturated carbocycles. The first-order valence-electron chi connectivity index (χ1n) is 7.46. The van der Waals surface area contributed by atoms with Gasteiger partial charge in [0.15, 0.2) is 10.9 Å². The largest absolute Gasteiger partial charge is 0.508 e. The zero-order chi connectivity index (χ0) is 18.5. The predicted molar refractivity (Wildman–Crippen MR) is 95.5 cm³/mol. The van der Waals surface area contributed by atoms with Crippen LogP contribution in [0, 0.1) is 5.82 Å². The third-order valence-corrected chi connectivity index (χ3v) is 4.15. The van der Waals surface area contributed by atoms with Gasteiger partial charge in [-0.05, 0) is 48.5 Å². The standard InChI is InChI=1S/C17H13FN4O3S/c18-11-3-5-12(6-4-11)19-14(24)9-26-17-20-16(25)15(21-22-17)10-1-7-13(23)8-2-10/h1-8,23H,9H2,(H,19,24)(H,20,22,25). The number of nitrogens with zero attached hydrogens (tertiary/aromatic N) is 2. The van der Waals surface area contributed by atoms with E-state index in [0.29, 0.717) is 11.3 Å². The number of aromatic amines is 1. The zero-order valence-corrected chi connectivity index (χ0v) is 14.1. The molecule has 0 saturated heterocycles. The number of nitrogens with one attached hydrogen (secondary N) is 2. The molecule has 26 heavy (non-hydrogen) atoms. The molecule has 0 aliphatic heterocycles. The first-order chi connectivity index (χ1) is 12.5. The van der Waals surface area contributed by atoms with Crippen LogP contribution < -0.4 is 10.9 Å². The van der Waals surface area contributed by atoms with Gasteiger partial charge >= 0.3 is 0 Å². The molecule has 0 spiro atoms. The number of anilines is 1. The number of benzene rings is 2. The van der Waals surface area contributed by atoms with Crippen molar-refractivity contribution >= 4 is 23.4 Å². The van der Waals surface area contributed by atoms with Crippen LogP contribution in [0.3, 0.4) is 0 Å². The lowest BCUT2D eigenvalue weighted by atomic mass is 10.1. The Labute approximate surface area is 151 Å². The maximum Gasteiger partial charge on any atom is 0.278 e. The molecule has 7 nitrogen and oxygen atoms in total. The van der Waals surface area contributed by atoms with Crippen molar-refractivity contribution < 1.29 is 14.3 Å². The van der Waals surface area contributed by atoms with E-state index >= 15 is 0 Å². The number of rotatable bonds is 5. The van der Waals surface area contributed by atoms with Crippen LogP contribution in [-0.4, -0.2) is 31.9 Å². The molecule has 3 rings (SSSR count). The van der Waals surface area contributed by atoms with E-state index < -0.39 is 5.56 Å². The van der Waals surface area contributed by atoms with Crippen molar-refractivity contribution in [3.05, 3.63) is 64.7 Å². The maximum atomic E-state index is 12.8. The molecule has 2 aromatic carbocycles. The van der Waals surface area contributed by atoms with Crippen LogP contribution >= 0.6 is 11.8 Å². The van der Waals surface area contributed by atoms with Crippen LogP contribution in [0.4, 0.5) is 10.1 Å². The van der Waals surface area contributed by atoms with Crippen molar-refractivity contribution in [2.24, 2.45) is 0 Å². The lowest BCUT2D eigenvalue weighted by Crippen LogP contribution is -2.17. The molecule has 0 fully saturated rings. The van der Waals surface area contributed by atoms with Gasteiger partial charge in [-0.25, -0.2) is 4.39 Å². The van der Waals surface area contributed by atoms with Crippen molar-refractivity contribution in [1.29, 1.82) is 0 Å². The van der Waals surface area contributed by atoms with E-state index in [-0.39, 0.29) is 34.1 Å². The minimum Gasteiger partial charge on any atom is -0.508 e. The van der Waals surface area contributed by atoms with Crippen LogP contribution in [0.1, 0.15) is 0 Å². The van der Waals surface area contributed by atoms with Gasteiger partial charge in [0.2, 0.25) is 5.91 Å². The van der Waals surface area contributed by atoms with Crippen molar-refractivity contribution in [3.63, 3.8) is 0 Å². The van der Waals surface area contributed by atoms with Gasteiger partial charge in [0.05, 0.1) is 5.75 Å². The summed E-state index contributed by atoms with van der Waals surface area (Å²) >= 11 is 1.02. The topological polar surface area (TPSA) is 108 Å². The highest BCUT2D eigenvalue weighted by Gasteiger charge is 2.10. The summed E-state index contributed by atoms with van der Waals surface area (Å²) in [6.07, 6.45) is 0. The smallest absolute Gasteiger partial charge is 0.278 e. The molecule has 0 bridgehead atoms. The van der Waals surface area contributed by atoms with E-state index in [1.54, 1.807) is 12.1 Å². The Morgan fingerprint density at radius 1 is 1.12 bits per heavy atom. The molecule has 9 heteroatoms. The number of hydrogen-bond donors (Lipinski definition) is 3. The van der Waals surface area contributed by atoms with E-state index in [9.17, 15) is 19.1 Å². The number of phenols is 1. The van der Waals surface area contributed by atoms with Crippen LogP contribution in [0.2, 0.25) is 0 Å². The second-order valence-electron chi connectivity index (χ2n) is 5.20. The number of H-pyrrole nitrogens is 1. The molecule has 132 valence electrons. The molecule has 0 atom stereocenters. The number of aromatic nitrogens is 3. The number of aromatic hydroxyl groups is 1. The van der Waals surface area contributed by atoms with E-state index in [4.69, 9.17) is 0 Å². The van der Waals surface area contributed by atoms with Gasteiger partial charge in [0.25, 0.3) is 5.56 Å². The third-order valence-electron chi connectivity index (χ3n) is 3.29. The zero-order valence-electron chi connectivity index (χ0n) is 13.3. The molecular weight excluding hydrogens is 359 g/mol. The van der Waals surface area contributed by atoms with Gasteiger partial charge in [0, 0.05) is 11.3 Å². The lowest BCUT2D eigenvalue weighted by molar-refractivity contribution is -0.113. The third kappa shape index (κ3) is 4.45. The Kier molecular flexibility index (Phi) is 5.28. The summed E-state index contributed by atoms with van der Waals surface area (Å²) in [5.74, 6) is -0.635. The van der Waals surface area contributed by atoms with Gasteiger partial charge in [-0.1, -0.05) is 11.8 Å². The Balaban J connectivity index is 1.62. The molecule has 1 heterocycles. The van der Waals surface area contributed by atoms with Crippen LogP contribution in [0.5, 0.6) is 5.75 Å². The molecule has 0 radical (unpaired) electrons. The maximum absolute atomic E-state index is 12.8. The van der Waals surface area contributed by atoms with Gasteiger partial charge in [0.1, 0.15) is 11.6 Å². The Bertz CT molecular complexity index is 975. The molecule has 3 N–H and O–H groups in total. The van der Waals surface area contributed by atoms with Crippen molar-refractivity contribution in [3.8, 4) is 17.0 Å². The first-order valence-corrected chi connectivity index (χ1v) is 8.44. The summed E-state index contributed by atoms with van der Waals surface area (Å²) in [6.45, 7) is 0. The summed E-state index contributed by atoms with van der Waals surface area (Å²) in [5.41, 5.74) is 0.652. The predicted octanol–water partition coefficient (Wildman–Crippen LogP) is 2.41. The van der Waals surface area contributed by atoms with Gasteiger partial charge in [-0.2, -0.15) is 0 Å². The van der Waals surface area contributed by atoms with Crippen LogP contribution in [0.15, 0.2) is 58.5 Å². The quantitative estimate of drug-likeness (QED) is 0.594. The average molecular weight is 372 g/mol. The van der Waals surface area contributed by atoms with Gasteiger partial charge < -0.3 is 10.4 Å². The number of phenolic OH excluding ortho intramolecular Hbond substituents is 1. The molecule has 0 aliphatic rings. The fraction of sp³-hybridized carbons (Fsp3) is 0.0588. The minimum atomic E-state index is -0.452. The van der Waals surface area contributed by atoms with E-state index in [1.807, 2.05) is 0 Å². The normalized spacial score (nSPS) is 10.5. The summed E-state index contributed by atoms with van der Waals surface area (Å²) in [5, 5.41) is 19.9. The second kappa shape index (κ2) is 7.79. The molecular formula is C17H13FN4O3S. The van der Waals surface area contributed by atoms with Crippen molar-refractivity contribution in [2.45, 2.75) is 5.16 Å². The number of halogens is 1. The van der Waals surface area contributed by atoms with Gasteiger partial charge in [-0.15, -0.1) is 10.2 Å². The highest BCUT2D eigenvalue weighted by molar-refractivity contribution is 7.99. The van der Waals surface area contributed by atoms with E-state index in [1.165, 1.54) is 36.4 Å². The Hall–Kier alpha value is -3.20. The highest BCUT2D eigenvalue weighted by Crippen LogP contribution is 2.18.